The summed E-state index contributed by atoms with van der Waals surface area (Å²) in [7, 11) is -3.65. The van der Waals surface area contributed by atoms with Gasteiger partial charge in [0.1, 0.15) is 0 Å². The lowest BCUT2D eigenvalue weighted by molar-refractivity contribution is 0.587. The molecule has 0 fully saturated rings. The minimum Gasteiger partial charge on any atom is -0.238 e. The molecule has 0 aliphatic heterocycles. The van der Waals surface area contributed by atoms with Gasteiger partial charge < -0.3 is 0 Å². The van der Waals surface area contributed by atoms with Crippen LogP contribution in [0.5, 0.6) is 0 Å². The van der Waals surface area contributed by atoms with Crippen molar-refractivity contribution in [3.63, 3.8) is 0 Å². The van der Waals surface area contributed by atoms with Gasteiger partial charge in [0.15, 0.2) is 0 Å². The minimum atomic E-state index is -3.65. The van der Waals surface area contributed by atoms with Gasteiger partial charge in [0.25, 0.3) is 10.0 Å². The summed E-state index contributed by atoms with van der Waals surface area (Å²) >= 11 is 1.64. The van der Waals surface area contributed by atoms with Crippen LogP contribution in [-0.2, 0) is 16.4 Å². The lowest BCUT2D eigenvalue weighted by Gasteiger charge is -2.12. The van der Waals surface area contributed by atoms with E-state index < -0.39 is 10.0 Å². The standard InChI is InChI=1S/C20H17NO2S2/c1-15-8-10-19(11-9-15)25(22,23)21-17(14-18-6-4-12-24-18)13-16-5-2-3-7-20(16)21/h2-13H,14H2,1H3. The summed E-state index contributed by atoms with van der Waals surface area (Å²) in [6, 6.07) is 20.6. The monoisotopic (exact) mass is 367 g/mol. The smallest absolute Gasteiger partial charge is 0.238 e. The minimum absolute atomic E-state index is 0.312. The van der Waals surface area contributed by atoms with Gasteiger partial charge in [0.2, 0.25) is 0 Å². The lowest BCUT2D eigenvalue weighted by Crippen LogP contribution is -2.15. The Kier molecular flexibility index (Phi) is 3.98. The van der Waals surface area contributed by atoms with Crippen molar-refractivity contribution in [2.45, 2.75) is 18.2 Å². The highest BCUT2D eigenvalue weighted by Gasteiger charge is 2.23. The maximum absolute atomic E-state index is 13.3. The van der Waals surface area contributed by atoms with Gasteiger partial charge in [-0.3, -0.25) is 0 Å². The summed E-state index contributed by atoms with van der Waals surface area (Å²) in [6.45, 7) is 1.95. The summed E-state index contributed by atoms with van der Waals surface area (Å²) in [5, 5.41) is 2.95. The molecule has 0 amide bonds. The molecule has 0 saturated heterocycles. The van der Waals surface area contributed by atoms with E-state index in [1.165, 1.54) is 3.97 Å². The molecule has 0 N–H and O–H groups in total. The zero-order valence-corrected chi connectivity index (χ0v) is 15.3. The molecule has 4 aromatic rings. The summed E-state index contributed by atoms with van der Waals surface area (Å²) < 4.78 is 28.2. The molecular formula is C20H17NO2S2. The molecule has 2 heterocycles. The lowest BCUT2D eigenvalue weighted by atomic mass is 10.2. The zero-order chi connectivity index (χ0) is 17.4. The fourth-order valence-corrected chi connectivity index (χ4v) is 5.26. The molecule has 4 rings (SSSR count). The number of rotatable bonds is 4. The number of hydrogen-bond donors (Lipinski definition) is 0. The van der Waals surface area contributed by atoms with Crippen LogP contribution in [0.4, 0.5) is 0 Å². The van der Waals surface area contributed by atoms with Crippen LogP contribution in [0.15, 0.2) is 77.0 Å². The van der Waals surface area contributed by atoms with Gasteiger partial charge in [0.05, 0.1) is 10.4 Å². The highest BCUT2D eigenvalue weighted by Crippen LogP contribution is 2.28. The van der Waals surface area contributed by atoms with Crippen LogP contribution in [0, 0.1) is 6.92 Å². The van der Waals surface area contributed by atoms with E-state index in [1.807, 2.05) is 66.9 Å². The van der Waals surface area contributed by atoms with Gasteiger partial charge >= 0.3 is 0 Å². The third-order valence-electron chi connectivity index (χ3n) is 4.23. The number of aryl methyl sites for hydroxylation is 1. The molecule has 126 valence electrons. The third-order valence-corrected chi connectivity index (χ3v) is 6.89. The van der Waals surface area contributed by atoms with Gasteiger partial charge in [-0.2, -0.15) is 0 Å². The highest BCUT2D eigenvalue weighted by molar-refractivity contribution is 7.90. The number of thiophene rings is 1. The molecule has 2 aromatic carbocycles. The maximum Gasteiger partial charge on any atom is 0.268 e. The second kappa shape index (κ2) is 6.17. The van der Waals surface area contributed by atoms with Crippen molar-refractivity contribution in [1.29, 1.82) is 0 Å². The Labute approximate surface area is 151 Å². The van der Waals surface area contributed by atoms with Crippen LogP contribution in [0.1, 0.15) is 16.1 Å². The summed E-state index contributed by atoms with van der Waals surface area (Å²) in [5.74, 6) is 0. The first kappa shape index (κ1) is 16.1. The van der Waals surface area contributed by atoms with Crippen molar-refractivity contribution in [1.82, 2.24) is 3.97 Å². The van der Waals surface area contributed by atoms with Gasteiger partial charge in [0, 0.05) is 22.4 Å². The average molecular weight is 367 g/mol. The van der Waals surface area contributed by atoms with E-state index in [0.717, 1.165) is 27.0 Å². The van der Waals surface area contributed by atoms with Crippen molar-refractivity contribution in [2.75, 3.05) is 0 Å². The summed E-state index contributed by atoms with van der Waals surface area (Å²) in [4.78, 5) is 1.45. The largest absolute Gasteiger partial charge is 0.268 e. The van der Waals surface area contributed by atoms with Gasteiger partial charge in [-0.1, -0.05) is 42.0 Å². The predicted octanol–water partition coefficient (Wildman–Crippen LogP) is 4.84. The van der Waals surface area contributed by atoms with Crippen LogP contribution in [0.2, 0.25) is 0 Å². The Morgan fingerprint density at radius 2 is 1.72 bits per heavy atom. The molecule has 0 spiro atoms. The molecule has 5 heteroatoms. The molecular weight excluding hydrogens is 350 g/mol. The first-order valence-corrected chi connectivity index (χ1v) is 10.3. The Balaban J connectivity index is 1.94. The van der Waals surface area contributed by atoms with E-state index in [1.54, 1.807) is 23.5 Å². The maximum atomic E-state index is 13.3. The zero-order valence-electron chi connectivity index (χ0n) is 13.7. The van der Waals surface area contributed by atoms with Crippen LogP contribution < -0.4 is 0 Å². The van der Waals surface area contributed by atoms with E-state index in [4.69, 9.17) is 0 Å². The van der Waals surface area contributed by atoms with Crippen molar-refractivity contribution in [3.8, 4) is 0 Å². The summed E-state index contributed by atoms with van der Waals surface area (Å²) in [5.41, 5.74) is 2.54. The van der Waals surface area contributed by atoms with Gasteiger partial charge in [-0.15, -0.1) is 11.3 Å². The number of hydrogen-bond acceptors (Lipinski definition) is 3. The Morgan fingerprint density at radius 3 is 2.44 bits per heavy atom. The molecule has 0 unspecified atom stereocenters. The van der Waals surface area contributed by atoms with Crippen molar-refractivity contribution in [3.05, 3.63) is 88.2 Å². The fraction of sp³-hybridized carbons (Fsp3) is 0.100. The Bertz CT molecular complexity index is 1120. The number of benzene rings is 2. The molecule has 0 radical (unpaired) electrons. The second-order valence-electron chi connectivity index (χ2n) is 6.03. The molecule has 0 atom stereocenters. The molecule has 3 nitrogen and oxygen atoms in total. The predicted molar refractivity (Wildman–Crippen MR) is 103 cm³/mol. The second-order valence-corrected chi connectivity index (χ2v) is 8.85. The number of fused-ring (bicyclic) bond motifs is 1. The molecule has 0 aliphatic rings. The molecule has 0 aliphatic carbocycles. The highest BCUT2D eigenvalue weighted by atomic mass is 32.2. The Hall–Kier alpha value is -2.37. The third kappa shape index (κ3) is 2.90. The normalized spacial score (nSPS) is 11.9. The van der Waals surface area contributed by atoms with E-state index in [9.17, 15) is 8.42 Å². The first-order chi connectivity index (χ1) is 12.1. The van der Waals surface area contributed by atoms with E-state index in [2.05, 4.69) is 0 Å². The quantitative estimate of drug-likeness (QED) is 0.518. The van der Waals surface area contributed by atoms with E-state index in [0.29, 0.717) is 11.3 Å². The van der Waals surface area contributed by atoms with Crippen molar-refractivity contribution in [2.24, 2.45) is 0 Å². The van der Waals surface area contributed by atoms with E-state index >= 15 is 0 Å². The molecule has 25 heavy (non-hydrogen) atoms. The number of para-hydroxylation sites is 1. The van der Waals surface area contributed by atoms with E-state index in [-0.39, 0.29) is 0 Å². The first-order valence-electron chi connectivity index (χ1n) is 8.00. The van der Waals surface area contributed by atoms with Crippen LogP contribution in [0.3, 0.4) is 0 Å². The van der Waals surface area contributed by atoms with Crippen LogP contribution in [0.25, 0.3) is 10.9 Å². The number of aromatic nitrogens is 1. The molecule has 0 bridgehead atoms. The fourth-order valence-electron chi connectivity index (χ4n) is 3.00. The van der Waals surface area contributed by atoms with Crippen LogP contribution in [-0.4, -0.2) is 12.4 Å². The van der Waals surface area contributed by atoms with Gasteiger partial charge in [-0.25, -0.2) is 12.4 Å². The SMILES string of the molecule is Cc1ccc(S(=O)(=O)n2c(Cc3cccs3)cc3ccccc32)cc1. The Morgan fingerprint density at radius 1 is 0.960 bits per heavy atom. The average Bonchev–Trinajstić information content (AvgIpc) is 3.22. The summed E-state index contributed by atoms with van der Waals surface area (Å²) in [6.07, 6.45) is 0.595. The number of nitrogens with zero attached hydrogens (tertiary/aromatic N) is 1. The van der Waals surface area contributed by atoms with Crippen LogP contribution >= 0.6 is 11.3 Å². The molecule has 2 aromatic heterocycles. The van der Waals surface area contributed by atoms with Gasteiger partial charge in [-0.05, 0) is 42.6 Å². The molecule has 0 saturated carbocycles. The van der Waals surface area contributed by atoms with Crippen molar-refractivity contribution >= 4 is 32.3 Å². The topological polar surface area (TPSA) is 39.1 Å². The van der Waals surface area contributed by atoms with Crippen molar-refractivity contribution < 1.29 is 8.42 Å².